The van der Waals surface area contributed by atoms with Gasteiger partial charge in [0.2, 0.25) is 5.91 Å². The van der Waals surface area contributed by atoms with Crippen LogP contribution in [0.5, 0.6) is 5.75 Å². The number of carbonyl (C=O) groups excluding carboxylic acids is 2. The summed E-state index contributed by atoms with van der Waals surface area (Å²) in [5.74, 6) is 1.84. The molecule has 8 nitrogen and oxygen atoms in total. The molecule has 3 aromatic rings. The first kappa shape index (κ1) is 26.8. The summed E-state index contributed by atoms with van der Waals surface area (Å²) in [5, 5.41) is 3.42. The molecular formula is C34H39N5O3. The minimum atomic E-state index is -0.354. The number of rotatable bonds is 6. The van der Waals surface area contributed by atoms with Crippen LogP contribution in [0.4, 0.5) is 21.9 Å². The van der Waals surface area contributed by atoms with Gasteiger partial charge in [-0.2, -0.15) is 0 Å². The number of aromatic nitrogens is 1. The van der Waals surface area contributed by atoms with Gasteiger partial charge in [0, 0.05) is 35.8 Å². The van der Waals surface area contributed by atoms with E-state index in [0.29, 0.717) is 30.8 Å². The Balaban J connectivity index is 1.07. The fourth-order valence-corrected chi connectivity index (χ4v) is 8.33. The Bertz CT molecular complexity index is 1470. The first-order valence-electron chi connectivity index (χ1n) is 15.3. The molecule has 0 radical (unpaired) electrons. The number of ether oxygens (including phenoxy) is 1. The van der Waals surface area contributed by atoms with E-state index in [1.54, 1.807) is 6.20 Å². The number of amides is 3. The minimum Gasteiger partial charge on any atom is -0.489 e. The molecule has 4 fully saturated rings. The topological polar surface area (TPSA) is 101 Å². The molecule has 1 aromatic heterocycles. The number of primary amides is 1. The number of nitrogens with one attached hydrogen (secondary N) is 1. The van der Waals surface area contributed by atoms with Crippen LogP contribution >= 0.6 is 0 Å². The molecule has 3 unspecified atom stereocenters. The predicted octanol–water partition coefficient (Wildman–Crippen LogP) is 5.88. The van der Waals surface area contributed by atoms with E-state index in [1.165, 1.54) is 0 Å². The predicted molar refractivity (Wildman–Crippen MR) is 164 cm³/mol. The lowest BCUT2D eigenvalue weighted by molar-refractivity contribution is -0.145. The van der Waals surface area contributed by atoms with Crippen LogP contribution in [-0.4, -0.2) is 42.2 Å². The van der Waals surface area contributed by atoms with E-state index in [2.05, 4.69) is 45.5 Å². The summed E-state index contributed by atoms with van der Waals surface area (Å²) in [6.07, 6.45) is 6.60. The highest BCUT2D eigenvalue weighted by Gasteiger charge is 2.58. The maximum Gasteiger partial charge on any atom is 0.322 e. The SMILES string of the molecule is CC(C)Oc1ccc(-c2ccc(N3CCN(C(=O)NC4[C@@H]5CC6C[C@H]4CC(C(N)=O)(C6)C5)c4ccccc43)cc2)nc1. The largest absolute Gasteiger partial charge is 0.489 e. The van der Waals surface area contributed by atoms with Crippen LogP contribution < -0.4 is 25.6 Å². The molecule has 8 heteroatoms. The zero-order valence-electron chi connectivity index (χ0n) is 24.3. The molecule has 4 saturated carbocycles. The molecule has 4 bridgehead atoms. The van der Waals surface area contributed by atoms with E-state index in [-0.39, 0.29) is 29.5 Å². The van der Waals surface area contributed by atoms with Crippen molar-refractivity contribution >= 4 is 29.0 Å². The third-order valence-electron chi connectivity index (χ3n) is 9.92. The second-order valence-electron chi connectivity index (χ2n) is 13.0. The summed E-state index contributed by atoms with van der Waals surface area (Å²) in [4.78, 5) is 34.9. The van der Waals surface area contributed by atoms with Crippen LogP contribution in [-0.2, 0) is 4.79 Å². The van der Waals surface area contributed by atoms with Gasteiger partial charge in [0.15, 0.2) is 0 Å². The lowest BCUT2D eigenvalue weighted by atomic mass is 9.47. The molecular weight excluding hydrogens is 526 g/mol. The molecule has 42 heavy (non-hydrogen) atoms. The summed E-state index contributed by atoms with van der Waals surface area (Å²) in [6, 6.07) is 20.5. The highest BCUT2D eigenvalue weighted by molar-refractivity contribution is 5.98. The summed E-state index contributed by atoms with van der Waals surface area (Å²) in [5.41, 5.74) is 10.4. The monoisotopic (exact) mass is 565 g/mol. The van der Waals surface area contributed by atoms with Gasteiger partial charge in [0.05, 0.1) is 29.4 Å². The highest BCUT2D eigenvalue weighted by atomic mass is 16.5. The lowest BCUT2D eigenvalue weighted by Gasteiger charge is -2.59. The van der Waals surface area contributed by atoms with E-state index in [1.807, 2.05) is 49.1 Å². The molecule has 2 aromatic carbocycles. The molecule has 4 aliphatic carbocycles. The average Bonchev–Trinajstić information content (AvgIpc) is 2.98. The number of hydrogen-bond donors (Lipinski definition) is 2. The van der Waals surface area contributed by atoms with Crippen LogP contribution in [0, 0.1) is 23.2 Å². The number of nitrogens with zero attached hydrogens (tertiary/aromatic N) is 3. The molecule has 0 saturated heterocycles. The van der Waals surface area contributed by atoms with Gasteiger partial charge in [-0.25, -0.2) is 4.79 Å². The van der Waals surface area contributed by atoms with Gasteiger partial charge in [-0.1, -0.05) is 24.3 Å². The van der Waals surface area contributed by atoms with Crippen molar-refractivity contribution in [3.63, 3.8) is 0 Å². The first-order valence-corrected chi connectivity index (χ1v) is 15.3. The van der Waals surface area contributed by atoms with Gasteiger partial charge in [0.1, 0.15) is 5.75 Å². The zero-order chi connectivity index (χ0) is 29.0. The van der Waals surface area contributed by atoms with Crippen LogP contribution in [0.2, 0.25) is 0 Å². The van der Waals surface area contributed by atoms with Crippen molar-refractivity contribution in [1.29, 1.82) is 0 Å². The van der Waals surface area contributed by atoms with Crippen LogP contribution in [0.1, 0.15) is 46.0 Å². The maximum absolute atomic E-state index is 13.8. The van der Waals surface area contributed by atoms with Crippen molar-refractivity contribution in [2.24, 2.45) is 28.9 Å². The van der Waals surface area contributed by atoms with E-state index in [4.69, 9.17) is 10.5 Å². The second kappa shape index (κ2) is 10.3. The van der Waals surface area contributed by atoms with Crippen LogP contribution in [0.15, 0.2) is 66.9 Å². The Morgan fingerprint density at radius 2 is 1.67 bits per heavy atom. The standard InChI is InChI=1S/C34H39N5O3/c1-21(2)42-27-11-12-28(36-20-27)23-7-9-26(10-8-23)38-13-14-39(30-6-4-3-5-29(30)38)33(41)37-31-24-15-22-16-25(31)19-34(17-22,18-24)32(35)40/h3-12,20-22,24-25,31H,13-19H2,1-2H3,(H2,35,40)(H,37,41)/t22?,24-,25+,31?,34?. The van der Waals surface area contributed by atoms with Crippen molar-refractivity contribution < 1.29 is 14.3 Å². The lowest BCUT2D eigenvalue weighted by Crippen LogP contribution is -2.63. The van der Waals surface area contributed by atoms with Gasteiger partial charge >= 0.3 is 6.03 Å². The van der Waals surface area contributed by atoms with E-state index in [0.717, 1.165) is 66.2 Å². The summed E-state index contributed by atoms with van der Waals surface area (Å²) < 4.78 is 5.72. The minimum absolute atomic E-state index is 0.0426. The molecule has 0 spiro atoms. The molecule has 218 valence electrons. The number of para-hydroxylation sites is 2. The Hall–Kier alpha value is -4.07. The smallest absolute Gasteiger partial charge is 0.322 e. The molecule has 3 N–H and O–H groups in total. The third kappa shape index (κ3) is 4.67. The number of pyridine rings is 1. The average molecular weight is 566 g/mol. The Kier molecular flexibility index (Phi) is 6.59. The number of nitrogens with two attached hydrogens (primary N) is 1. The number of urea groups is 1. The van der Waals surface area contributed by atoms with Crippen molar-refractivity contribution in [2.75, 3.05) is 22.9 Å². The van der Waals surface area contributed by atoms with E-state index < -0.39 is 0 Å². The summed E-state index contributed by atoms with van der Waals surface area (Å²) >= 11 is 0. The van der Waals surface area contributed by atoms with Crippen LogP contribution in [0.25, 0.3) is 11.3 Å². The summed E-state index contributed by atoms with van der Waals surface area (Å²) in [6.45, 7) is 5.27. The third-order valence-corrected chi connectivity index (χ3v) is 9.92. The number of hydrogen-bond acceptors (Lipinski definition) is 5. The molecule has 5 atom stereocenters. The van der Waals surface area contributed by atoms with Gasteiger partial charge in [-0.05, 0) is 100 Å². The number of benzene rings is 2. The van der Waals surface area contributed by atoms with Gasteiger partial charge < -0.3 is 20.7 Å². The fraction of sp³-hybridized carbons (Fsp3) is 0.441. The van der Waals surface area contributed by atoms with Crippen molar-refractivity contribution in [1.82, 2.24) is 10.3 Å². The number of anilines is 3. The normalized spacial score (nSPS) is 27.6. The molecule has 1 aliphatic heterocycles. The van der Waals surface area contributed by atoms with Crippen LogP contribution in [0.3, 0.4) is 0 Å². The molecule has 8 rings (SSSR count). The number of fused-ring (bicyclic) bond motifs is 1. The maximum atomic E-state index is 13.8. The van der Waals surface area contributed by atoms with Gasteiger partial charge in [-0.3, -0.25) is 14.7 Å². The van der Waals surface area contributed by atoms with Gasteiger partial charge in [0.25, 0.3) is 0 Å². The molecule has 2 heterocycles. The quantitative estimate of drug-likeness (QED) is 0.389. The zero-order valence-corrected chi connectivity index (χ0v) is 24.3. The first-order chi connectivity index (χ1) is 20.3. The summed E-state index contributed by atoms with van der Waals surface area (Å²) in [7, 11) is 0. The van der Waals surface area contributed by atoms with E-state index >= 15 is 0 Å². The Morgan fingerprint density at radius 1 is 0.952 bits per heavy atom. The second-order valence-corrected chi connectivity index (χ2v) is 13.0. The Morgan fingerprint density at radius 3 is 2.31 bits per heavy atom. The fourth-order valence-electron chi connectivity index (χ4n) is 8.33. The highest BCUT2D eigenvalue weighted by Crippen LogP contribution is 2.60. The van der Waals surface area contributed by atoms with E-state index in [9.17, 15) is 9.59 Å². The molecule has 3 amide bonds. The van der Waals surface area contributed by atoms with Crippen molar-refractivity contribution in [3.05, 3.63) is 66.9 Å². The van der Waals surface area contributed by atoms with Gasteiger partial charge in [-0.15, -0.1) is 0 Å². The van der Waals surface area contributed by atoms with Crippen molar-refractivity contribution in [3.8, 4) is 17.0 Å². The number of carbonyl (C=O) groups is 2. The Labute approximate surface area is 247 Å². The molecule has 5 aliphatic rings. The van der Waals surface area contributed by atoms with Crippen molar-refractivity contribution in [2.45, 2.75) is 58.1 Å².